The van der Waals surface area contributed by atoms with Gasteiger partial charge in [-0.05, 0) is 23.8 Å². The number of aromatic carboxylic acids is 1. The van der Waals surface area contributed by atoms with E-state index in [1.54, 1.807) is 0 Å². The molecule has 0 aliphatic rings. The topological polar surface area (TPSA) is 37.3 Å². The van der Waals surface area contributed by atoms with Crippen molar-refractivity contribution in [2.24, 2.45) is 0 Å². The van der Waals surface area contributed by atoms with Gasteiger partial charge in [0, 0.05) is 11.1 Å². The Morgan fingerprint density at radius 3 is 2.32 bits per heavy atom. The van der Waals surface area contributed by atoms with Gasteiger partial charge in [0.1, 0.15) is 5.82 Å². The first-order valence-electron chi connectivity index (χ1n) is 5.41. The Kier molecular flexibility index (Phi) is 3.55. The fraction of sp³-hybridized carbons (Fsp3) is 0.0714. The van der Waals surface area contributed by atoms with Crippen molar-refractivity contribution in [1.29, 1.82) is 0 Å². The number of benzene rings is 2. The van der Waals surface area contributed by atoms with Gasteiger partial charge in [-0.25, -0.2) is 18.0 Å². The SMILES string of the molecule is O=C(O)c1ccc(-c2ccccc2F)c(C(F)F)c1. The molecule has 0 atom stereocenters. The van der Waals surface area contributed by atoms with E-state index in [0.717, 1.165) is 12.1 Å². The minimum atomic E-state index is -2.88. The van der Waals surface area contributed by atoms with Crippen molar-refractivity contribution >= 4 is 5.97 Å². The first-order valence-corrected chi connectivity index (χ1v) is 5.41. The van der Waals surface area contributed by atoms with E-state index in [2.05, 4.69) is 0 Å². The molecular weight excluding hydrogens is 257 g/mol. The number of hydrogen-bond acceptors (Lipinski definition) is 1. The Bertz CT molecular complexity index is 624. The summed E-state index contributed by atoms with van der Waals surface area (Å²) in [6, 6.07) is 8.76. The molecule has 0 aliphatic heterocycles. The standard InChI is InChI=1S/C14H9F3O2/c15-12-4-2-1-3-10(12)9-6-5-8(14(18)19)7-11(9)13(16)17/h1-7,13H,(H,18,19). The van der Waals surface area contributed by atoms with Crippen LogP contribution in [-0.4, -0.2) is 11.1 Å². The van der Waals surface area contributed by atoms with Gasteiger partial charge >= 0.3 is 5.97 Å². The molecule has 0 radical (unpaired) electrons. The van der Waals surface area contributed by atoms with Crippen molar-refractivity contribution in [3.8, 4) is 11.1 Å². The molecule has 2 aromatic rings. The quantitative estimate of drug-likeness (QED) is 0.906. The van der Waals surface area contributed by atoms with Gasteiger partial charge in [0.25, 0.3) is 6.43 Å². The van der Waals surface area contributed by atoms with Crippen LogP contribution in [0.3, 0.4) is 0 Å². The highest BCUT2D eigenvalue weighted by Crippen LogP contribution is 2.33. The second-order valence-electron chi connectivity index (χ2n) is 3.89. The van der Waals surface area contributed by atoms with E-state index in [0.29, 0.717) is 0 Å². The Morgan fingerprint density at radius 1 is 1.05 bits per heavy atom. The van der Waals surface area contributed by atoms with Gasteiger partial charge in [0.05, 0.1) is 5.56 Å². The third-order valence-electron chi connectivity index (χ3n) is 2.70. The summed E-state index contributed by atoms with van der Waals surface area (Å²) in [6.45, 7) is 0. The lowest BCUT2D eigenvalue weighted by Gasteiger charge is -2.11. The molecule has 1 N–H and O–H groups in total. The van der Waals surface area contributed by atoms with Crippen LogP contribution in [0.25, 0.3) is 11.1 Å². The predicted molar refractivity (Wildman–Crippen MR) is 63.8 cm³/mol. The summed E-state index contributed by atoms with van der Waals surface area (Å²) >= 11 is 0. The van der Waals surface area contributed by atoms with E-state index in [1.807, 2.05) is 0 Å². The van der Waals surface area contributed by atoms with E-state index in [9.17, 15) is 18.0 Å². The Hall–Kier alpha value is -2.30. The maximum absolute atomic E-state index is 13.6. The summed E-state index contributed by atoms with van der Waals surface area (Å²) < 4.78 is 39.6. The van der Waals surface area contributed by atoms with Crippen LogP contribution in [-0.2, 0) is 0 Å². The number of carboxylic acid groups (broad SMARTS) is 1. The summed E-state index contributed by atoms with van der Waals surface area (Å²) in [6.07, 6.45) is -2.88. The lowest BCUT2D eigenvalue weighted by Crippen LogP contribution is -2.00. The molecule has 0 heterocycles. The van der Waals surface area contributed by atoms with Gasteiger partial charge in [0.15, 0.2) is 0 Å². The lowest BCUT2D eigenvalue weighted by atomic mass is 9.97. The van der Waals surface area contributed by atoms with Crippen LogP contribution in [0.15, 0.2) is 42.5 Å². The zero-order chi connectivity index (χ0) is 14.0. The van der Waals surface area contributed by atoms with E-state index in [1.165, 1.54) is 30.3 Å². The van der Waals surface area contributed by atoms with Gasteiger partial charge in [-0.3, -0.25) is 0 Å². The number of alkyl halides is 2. The monoisotopic (exact) mass is 266 g/mol. The van der Waals surface area contributed by atoms with Crippen LogP contribution in [0.1, 0.15) is 22.3 Å². The summed E-state index contributed by atoms with van der Waals surface area (Å²) in [5.41, 5.74) is -0.728. The molecule has 2 aromatic carbocycles. The molecule has 0 saturated carbocycles. The maximum Gasteiger partial charge on any atom is 0.335 e. The second kappa shape index (κ2) is 5.14. The minimum absolute atomic E-state index is 0.00176. The molecule has 0 bridgehead atoms. The smallest absolute Gasteiger partial charge is 0.335 e. The first-order chi connectivity index (χ1) is 9.00. The third-order valence-corrected chi connectivity index (χ3v) is 2.70. The van der Waals surface area contributed by atoms with Gasteiger partial charge in [-0.15, -0.1) is 0 Å². The van der Waals surface area contributed by atoms with Crippen LogP contribution in [0, 0.1) is 5.82 Å². The summed E-state index contributed by atoms with van der Waals surface area (Å²) in [5.74, 6) is -1.94. The number of hydrogen-bond donors (Lipinski definition) is 1. The molecule has 0 spiro atoms. The van der Waals surface area contributed by atoms with E-state index < -0.39 is 23.8 Å². The van der Waals surface area contributed by atoms with E-state index >= 15 is 0 Å². The number of carbonyl (C=O) groups is 1. The van der Waals surface area contributed by atoms with Crippen LogP contribution >= 0.6 is 0 Å². The highest BCUT2D eigenvalue weighted by molar-refractivity contribution is 5.89. The van der Waals surface area contributed by atoms with Crippen molar-refractivity contribution in [2.45, 2.75) is 6.43 Å². The molecule has 0 fully saturated rings. The Balaban J connectivity index is 2.64. The highest BCUT2D eigenvalue weighted by atomic mass is 19.3. The van der Waals surface area contributed by atoms with Gasteiger partial charge in [0.2, 0.25) is 0 Å². The Morgan fingerprint density at radius 2 is 1.74 bits per heavy atom. The van der Waals surface area contributed by atoms with Crippen molar-refractivity contribution in [3.63, 3.8) is 0 Å². The predicted octanol–water partition coefficient (Wildman–Crippen LogP) is 4.13. The molecule has 0 amide bonds. The number of halogens is 3. The van der Waals surface area contributed by atoms with E-state index in [4.69, 9.17) is 5.11 Å². The molecule has 2 nitrogen and oxygen atoms in total. The normalized spacial score (nSPS) is 10.7. The van der Waals surface area contributed by atoms with Crippen molar-refractivity contribution in [1.82, 2.24) is 0 Å². The van der Waals surface area contributed by atoms with Gasteiger partial charge in [-0.1, -0.05) is 24.3 Å². The lowest BCUT2D eigenvalue weighted by molar-refractivity contribution is 0.0696. The van der Waals surface area contributed by atoms with Crippen molar-refractivity contribution in [2.75, 3.05) is 0 Å². The average Bonchev–Trinajstić information content (AvgIpc) is 2.38. The van der Waals surface area contributed by atoms with Crippen LogP contribution < -0.4 is 0 Å². The molecule has 5 heteroatoms. The largest absolute Gasteiger partial charge is 0.478 e. The maximum atomic E-state index is 13.6. The molecule has 98 valence electrons. The van der Waals surface area contributed by atoms with E-state index in [-0.39, 0.29) is 16.7 Å². The van der Waals surface area contributed by atoms with Crippen LogP contribution in [0.5, 0.6) is 0 Å². The van der Waals surface area contributed by atoms with Crippen molar-refractivity contribution < 1.29 is 23.1 Å². The van der Waals surface area contributed by atoms with Gasteiger partial charge in [-0.2, -0.15) is 0 Å². The second-order valence-corrected chi connectivity index (χ2v) is 3.89. The summed E-state index contributed by atoms with van der Waals surface area (Å²) in [7, 11) is 0. The molecular formula is C14H9F3O2. The first kappa shape index (κ1) is 13.1. The molecule has 0 aliphatic carbocycles. The summed E-state index contributed by atoms with van der Waals surface area (Å²) in [4.78, 5) is 10.8. The number of rotatable bonds is 3. The number of carboxylic acids is 1. The van der Waals surface area contributed by atoms with Crippen LogP contribution in [0.2, 0.25) is 0 Å². The fourth-order valence-electron chi connectivity index (χ4n) is 1.80. The Labute approximate surface area is 107 Å². The summed E-state index contributed by atoms with van der Waals surface area (Å²) in [5, 5.41) is 8.79. The van der Waals surface area contributed by atoms with Gasteiger partial charge < -0.3 is 5.11 Å². The molecule has 19 heavy (non-hydrogen) atoms. The fourth-order valence-corrected chi connectivity index (χ4v) is 1.80. The molecule has 2 rings (SSSR count). The van der Waals surface area contributed by atoms with Crippen LogP contribution in [0.4, 0.5) is 13.2 Å². The van der Waals surface area contributed by atoms with Crippen molar-refractivity contribution in [3.05, 3.63) is 59.4 Å². The molecule has 0 aromatic heterocycles. The third kappa shape index (κ3) is 2.59. The molecule has 0 saturated heterocycles. The highest BCUT2D eigenvalue weighted by Gasteiger charge is 2.18. The molecule has 0 unspecified atom stereocenters. The zero-order valence-electron chi connectivity index (χ0n) is 9.61. The minimum Gasteiger partial charge on any atom is -0.478 e. The zero-order valence-corrected chi connectivity index (χ0v) is 9.61. The average molecular weight is 266 g/mol.